The number of aromatic nitrogens is 2. The first-order valence-electron chi connectivity index (χ1n) is 9.74. The average molecular weight is 387 g/mol. The topological polar surface area (TPSA) is 58.6 Å². The van der Waals surface area contributed by atoms with Crippen molar-refractivity contribution < 1.29 is 9.53 Å². The van der Waals surface area contributed by atoms with Crippen LogP contribution >= 0.6 is 11.3 Å². The number of carbonyl (C=O) groups is 1. The number of hydrogen-bond acceptors (Lipinski definition) is 6. The number of carbonyl (C=O) groups excluding carboxylic acids is 1. The summed E-state index contributed by atoms with van der Waals surface area (Å²) in [4.78, 5) is 27.5. The van der Waals surface area contributed by atoms with E-state index in [2.05, 4.69) is 26.3 Å². The van der Waals surface area contributed by atoms with Gasteiger partial charge in [0.15, 0.2) is 0 Å². The number of rotatable bonds is 6. The van der Waals surface area contributed by atoms with Gasteiger partial charge in [0.2, 0.25) is 11.9 Å². The molecule has 144 valence electrons. The van der Waals surface area contributed by atoms with Gasteiger partial charge in [0.1, 0.15) is 0 Å². The molecule has 0 spiro atoms. The lowest BCUT2D eigenvalue weighted by Crippen LogP contribution is -2.47. The molecule has 0 aromatic carbocycles. The van der Waals surface area contributed by atoms with Gasteiger partial charge in [-0.25, -0.2) is 9.97 Å². The summed E-state index contributed by atoms with van der Waals surface area (Å²) in [6, 6.07) is 5.97. The SMILES string of the molecule is O=C(C1CCCN(c2ncccn2)C1)N(Cc1cccs1)CC1CCCO1. The van der Waals surface area contributed by atoms with Crippen LogP contribution in [0.5, 0.6) is 0 Å². The monoisotopic (exact) mass is 386 g/mol. The number of amides is 1. The fraction of sp³-hybridized carbons (Fsp3) is 0.550. The Kier molecular flexibility index (Phi) is 5.99. The highest BCUT2D eigenvalue weighted by Gasteiger charge is 2.32. The molecule has 2 aliphatic rings. The van der Waals surface area contributed by atoms with E-state index in [0.717, 1.165) is 44.8 Å². The van der Waals surface area contributed by atoms with Crippen LogP contribution in [-0.2, 0) is 16.1 Å². The first kappa shape index (κ1) is 18.4. The molecule has 4 rings (SSSR count). The molecule has 0 saturated carbocycles. The maximum Gasteiger partial charge on any atom is 0.227 e. The summed E-state index contributed by atoms with van der Waals surface area (Å²) in [5, 5.41) is 2.07. The minimum absolute atomic E-state index is 0.0103. The van der Waals surface area contributed by atoms with Gasteiger partial charge < -0.3 is 14.5 Å². The van der Waals surface area contributed by atoms with E-state index in [4.69, 9.17) is 4.74 Å². The third-order valence-corrected chi connectivity index (χ3v) is 6.15. The van der Waals surface area contributed by atoms with Crippen LogP contribution in [-0.4, -0.2) is 53.1 Å². The molecular formula is C20H26N4O2S. The second kappa shape index (κ2) is 8.80. The molecule has 2 fully saturated rings. The summed E-state index contributed by atoms with van der Waals surface area (Å²) in [5.41, 5.74) is 0. The van der Waals surface area contributed by atoms with E-state index in [1.165, 1.54) is 4.88 Å². The fourth-order valence-electron chi connectivity index (χ4n) is 3.93. The number of hydrogen-bond donors (Lipinski definition) is 0. The Hall–Kier alpha value is -1.99. The maximum absolute atomic E-state index is 13.4. The van der Waals surface area contributed by atoms with Crippen LogP contribution in [0.15, 0.2) is 36.0 Å². The fourth-order valence-corrected chi connectivity index (χ4v) is 4.65. The molecule has 0 N–H and O–H groups in total. The van der Waals surface area contributed by atoms with Crippen molar-refractivity contribution in [2.45, 2.75) is 38.3 Å². The van der Waals surface area contributed by atoms with Crippen molar-refractivity contribution in [1.82, 2.24) is 14.9 Å². The van der Waals surface area contributed by atoms with Crippen molar-refractivity contribution in [3.05, 3.63) is 40.8 Å². The van der Waals surface area contributed by atoms with Crippen LogP contribution in [0.3, 0.4) is 0 Å². The van der Waals surface area contributed by atoms with Gasteiger partial charge in [-0.3, -0.25) is 4.79 Å². The van der Waals surface area contributed by atoms with Gasteiger partial charge in [0.25, 0.3) is 0 Å². The Labute approximate surface area is 164 Å². The van der Waals surface area contributed by atoms with E-state index < -0.39 is 0 Å². The normalized spacial score (nSPS) is 22.7. The largest absolute Gasteiger partial charge is 0.376 e. The lowest BCUT2D eigenvalue weighted by molar-refractivity contribution is -0.138. The van der Waals surface area contributed by atoms with Crippen LogP contribution in [0.2, 0.25) is 0 Å². The molecule has 6 nitrogen and oxygen atoms in total. The third-order valence-electron chi connectivity index (χ3n) is 5.29. The number of ether oxygens (including phenoxy) is 1. The number of nitrogens with zero attached hydrogens (tertiary/aromatic N) is 4. The van der Waals surface area contributed by atoms with Gasteiger partial charge in [0.05, 0.1) is 18.6 Å². The van der Waals surface area contributed by atoms with Crippen molar-refractivity contribution in [1.29, 1.82) is 0 Å². The summed E-state index contributed by atoms with van der Waals surface area (Å²) in [7, 11) is 0. The Balaban J connectivity index is 1.45. The van der Waals surface area contributed by atoms with Crippen LogP contribution in [0, 0.1) is 5.92 Å². The predicted octanol–water partition coefficient (Wildman–Crippen LogP) is 2.96. The third kappa shape index (κ3) is 4.65. The molecule has 0 bridgehead atoms. The Morgan fingerprint density at radius 2 is 2.15 bits per heavy atom. The minimum atomic E-state index is -0.0103. The van der Waals surface area contributed by atoms with E-state index in [1.54, 1.807) is 23.7 Å². The molecule has 2 atom stereocenters. The molecule has 2 aromatic rings. The summed E-state index contributed by atoms with van der Waals surface area (Å²) in [6.07, 6.45) is 7.74. The zero-order valence-electron chi connectivity index (χ0n) is 15.5. The Bertz CT molecular complexity index is 719. The molecule has 2 unspecified atom stereocenters. The molecule has 0 radical (unpaired) electrons. The molecule has 2 saturated heterocycles. The van der Waals surface area contributed by atoms with Crippen LogP contribution in [0.4, 0.5) is 5.95 Å². The molecule has 27 heavy (non-hydrogen) atoms. The second-order valence-electron chi connectivity index (χ2n) is 7.27. The summed E-state index contributed by atoms with van der Waals surface area (Å²) in [5.74, 6) is 0.947. The van der Waals surface area contributed by atoms with Gasteiger partial charge in [-0.1, -0.05) is 6.07 Å². The molecule has 2 aromatic heterocycles. The van der Waals surface area contributed by atoms with Gasteiger partial charge in [-0.15, -0.1) is 11.3 Å². The van der Waals surface area contributed by atoms with Crippen molar-refractivity contribution >= 4 is 23.2 Å². The van der Waals surface area contributed by atoms with E-state index in [9.17, 15) is 4.79 Å². The lowest BCUT2D eigenvalue weighted by atomic mass is 9.96. The number of piperidine rings is 1. The predicted molar refractivity (Wildman–Crippen MR) is 106 cm³/mol. The van der Waals surface area contributed by atoms with Gasteiger partial charge >= 0.3 is 0 Å². The molecular weight excluding hydrogens is 360 g/mol. The Morgan fingerprint density at radius 1 is 1.26 bits per heavy atom. The van der Waals surface area contributed by atoms with Crippen molar-refractivity contribution in [3.8, 4) is 0 Å². The number of thiophene rings is 1. The average Bonchev–Trinajstić information content (AvgIpc) is 3.42. The smallest absolute Gasteiger partial charge is 0.227 e. The highest BCUT2D eigenvalue weighted by atomic mass is 32.1. The van der Waals surface area contributed by atoms with Crippen molar-refractivity contribution in [3.63, 3.8) is 0 Å². The van der Waals surface area contributed by atoms with E-state index in [1.807, 2.05) is 17.0 Å². The van der Waals surface area contributed by atoms with Crippen LogP contribution in [0.1, 0.15) is 30.6 Å². The second-order valence-corrected chi connectivity index (χ2v) is 8.30. The summed E-state index contributed by atoms with van der Waals surface area (Å²) in [6.45, 7) is 3.78. The first-order chi connectivity index (χ1) is 13.3. The summed E-state index contributed by atoms with van der Waals surface area (Å²) >= 11 is 1.71. The van der Waals surface area contributed by atoms with Gasteiger partial charge in [0, 0.05) is 43.5 Å². The van der Waals surface area contributed by atoms with Gasteiger partial charge in [-0.05, 0) is 43.2 Å². The van der Waals surface area contributed by atoms with Crippen molar-refractivity contribution in [2.24, 2.45) is 5.92 Å². The van der Waals surface area contributed by atoms with Crippen molar-refractivity contribution in [2.75, 3.05) is 31.1 Å². The van der Waals surface area contributed by atoms with E-state index >= 15 is 0 Å². The maximum atomic E-state index is 13.4. The standard InChI is InChI=1S/C20H26N4O2S/c25-19(16-5-1-10-23(13-16)20-21-8-4-9-22-20)24(14-17-6-2-11-26-17)15-18-7-3-12-27-18/h3-4,7-9,12,16-17H,1-2,5-6,10-11,13-15H2. The van der Waals surface area contributed by atoms with Crippen LogP contribution < -0.4 is 4.90 Å². The highest BCUT2D eigenvalue weighted by molar-refractivity contribution is 7.09. The van der Waals surface area contributed by atoms with Gasteiger partial charge in [-0.2, -0.15) is 0 Å². The molecule has 1 amide bonds. The Morgan fingerprint density at radius 3 is 2.89 bits per heavy atom. The highest BCUT2D eigenvalue weighted by Crippen LogP contribution is 2.24. The quantitative estimate of drug-likeness (QED) is 0.764. The molecule has 7 heteroatoms. The van der Waals surface area contributed by atoms with Crippen LogP contribution in [0.25, 0.3) is 0 Å². The zero-order chi connectivity index (χ0) is 18.5. The first-order valence-corrected chi connectivity index (χ1v) is 10.6. The number of anilines is 1. The molecule has 2 aliphatic heterocycles. The molecule has 4 heterocycles. The lowest BCUT2D eigenvalue weighted by Gasteiger charge is -2.35. The van der Waals surface area contributed by atoms with E-state index in [-0.39, 0.29) is 17.9 Å². The minimum Gasteiger partial charge on any atom is -0.376 e. The van der Waals surface area contributed by atoms with E-state index in [0.29, 0.717) is 19.6 Å². The summed E-state index contributed by atoms with van der Waals surface area (Å²) < 4.78 is 5.81. The zero-order valence-corrected chi connectivity index (χ0v) is 16.3. The molecule has 0 aliphatic carbocycles.